The van der Waals surface area contributed by atoms with Crippen LogP contribution in [-0.4, -0.2) is 40.0 Å². The zero-order chi connectivity index (χ0) is 21.1. The number of rotatable bonds is 7. The predicted octanol–water partition coefficient (Wildman–Crippen LogP) is 5.17. The smallest absolute Gasteiger partial charge is 0.233 e. The monoisotopic (exact) mass is 421 g/mol. The first kappa shape index (κ1) is 20.5. The molecule has 6 heteroatoms. The molecule has 0 aliphatic carbocycles. The number of carbonyl (C=O) groups excluding carboxylic acids is 1. The standard InChI is InChI=1S/C24H27N3O2S/c1-17(2)13-14-26-22(28)16-30-24(26)21-15-27(19-7-5-4-6-8-19)25-23(21)18-9-11-20(29-3)12-10-18/h4-12,15,17,24H,13-14,16H2,1-3H3/t24-/m1/s1. The molecule has 2 aromatic carbocycles. The summed E-state index contributed by atoms with van der Waals surface area (Å²) < 4.78 is 7.23. The van der Waals surface area contributed by atoms with Crippen LogP contribution in [0.3, 0.4) is 0 Å². The van der Waals surface area contributed by atoms with E-state index in [0.717, 1.165) is 41.2 Å². The largest absolute Gasteiger partial charge is 0.497 e. The van der Waals surface area contributed by atoms with Gasteiger partial charge < -0.3 is 9.64 Å². The number of methoxy groups -OCH3 is 1. The number of para-hydroxylation sites is 1. The van der Waals surface area contributed by atoms with E-state index in [1.165, 1.54) is 0 Å². The molecule has 4 rings (SSSR count). The molecule has 0 bridgehead atoms. The van der Waals surface area contributed by atoms with Gasteiger partial charge in [-0.15, -0.1) is 11.8 Å². The van der Waals surface area contributed by atoms with Gasteiger partial charge in [0, 0.05) is 23.9 Å². The Balaban J connectivity index is 1.76. The number of hydrogen-bond acceptors (Lipinski definition) is 4. The molecule has 0 unspecified atom stereocenters. The topological polar surface area (TPSA) is 47.4 Å². The Hall–Kier alpha value is -2.73. The van der Waals surface area contributed by atoms with Crippen LogP contribution in [0, 0.1) is 5.92 Å². The predicted molar refractivity (Wildman–Crippen MR) is 122 cm³/mol. The second-order valence-corrected chi connectivity index (χ2v) is 8.94. The van der Waals surface area contributed by atoms with Gasteiger partial charge in [-0.1, -0.05) is 32.0 Å². The van der Waals surface area contributed by atoms with E-state index in [9.17, 15) is 4.79 Å². The number of thioether (sulfide) groups is 1. The Kier molecular flexibility index (Phi) is 6.13. The molecule has 30 heavy (non-hydrogen) atoms. The van der Waals surface area contributed by atoms with Gasteiger partial charge in [-0.05, 0) is 48.7 Å². The highest BCUT2D eigenvalue weighted by Gasteiger charge is 2.35. The van der Waals surface area contributed by atoms with E-state index in [1.54, 1.807) is 18.9 Å². The third-order valence-electron chi connectivity index (χ3n) is 5.31. The van der Waals surface area contributed by atoms with Gasteiger partial charge in [0.15, 0.2) is 0 Å². The molecule has 1 atom stereocenters. The van der Waals surface area contributed by atoms with Gasteiger partial charge in [0.25, 0.3) is 0 Å². The third kappa shape index (κ3) is 4.24. The number of hydrogen-bond donors (Lipinski definition) is 0. The number of nitrogens with zero attached hydrogens (tertiary/aromatic N) is 3. The first-order valence-electron chi connectivity index (χ1n) is 10.3. The molecule has 0 N–H and O–H groups in total. The molecular weight excluding hydrogens is 394 g/mol. The SMILES string of the molecule is COc1ccc(-c2nn(-c3ccccc3)cc2[C@H]2SCC(=O)N2CCC(C)C)cc1. The minimum atomic E-state index is -0.0224. The van der Waals surface area contributed by atoms with Crippen LogP contribution >= 0.6 is 11.8 Å². The van der Waals surface area contributed by atoms with E-state index >= 15 is 0 Å². The second kappa shape index (κ2) is 8.96. The lowest BCUT2D eigenvalue weighted by Gasteiger charge is -2.24. The van der Waals surface area contributed by atoms with Crippen LogP contribution in [0.4, 0.5) is 0 Å². The maximum atomic E-state index is 12.6. The number of benzene rings is 2. The van der Waals surface area contributed by atoms with Crippen LogP contribution in [0.25, 0.3) is 16.9 Å². The van der Waals surface area contributed by atoms with Crippen molar-refractivity contribution in [1.29, 1.82) is 0 Å². The van der Waals surface area contributed by atoms with E-state index in [1.807, 2.05) is 64.2 Å². The lowest BCUT2D eigenvalue weighted by Crippen LogP contribution is -2.30. The fourth-order valence-corrected chi connectivity index (χ4v) is 4.83. The molecular formula is C24H27N3O2S. The average molecular weight is 422 g/mol. The fourth-order valence-electron chi connectivity index (χ4n) is 3.61. The van der Waals surface area contributed by atoms with E-state index in [-0.39, 0.29) is 11.3 Å². The first-order chi connectivity index (χ1) is 14.6. The normalized spacial score (nSPS) is 16.5. The van der Waals surface area contributed by atoms with Crippen molar-refractivity contribution in [3.63, 3.8) is 0 Å². The number of ether oxygens (including phenoxy) is 1. The van der Waals surface area contributed by atoms with Crippen molar-refractivity contribution in [3.8, 4) is 22.7 Å². The molecule has 0 saturated carbocycles. The summed E-state index contributed by atoms with van der Waals surface area (Å²) in [6, 6.07) is 18.0. The minimum Gasteiger partial charge on any atom is -0.497 e. The Labute approximate surface area is 182 Å². The Bertz CT molecular complexity index is 999. The van der Waals surface area contributed by atoms with Crippen molar-refractivity contribution in [2.24, 2.45) is 5.92 Å². The Morgan fingerprint density at radius 1 is 1.13 bits per heavy atom. The van der Waals surface area contributed by atoms with Crippen LogP contribution in [0.15, 0.2) is 60.8 Å². The molecule has 0 spiro atoms. The van der Waals surface area contributed by atoms with E-state index in [4.69, 9.17) is 9.84 Å². The summed E-state index contributed by atoms with van der Waals surface area (Å²) in [6.45, 7) is 5.16. The molecule has 5 nitrogen and oxygen atoms in total. The van der Waals surface area contributed by atoms with Crippen LogP contribution in [0.1, 0.15) is 31.2 Å². The van der Waals surface area contributed by atoms with E-state index < -0.39 is 0 Å². The summed E-state index contributed by atoms with van der Waals surface area (Å²) in [5, 5.41) is 4.91. The summed E-state index contributed by atoms with van der Waals surface area (Å²) >= 11 is 1.69. The summed E-state index contributed by atoms with van der Waals surface area (Å²) in [6.07, 6.45) is 3.07. The molecule has 1 saturated heterocycles. The van der Waals surface area contributed by atoms with Gasteiger partial charge in [0.2, 0.25) is 5.91 Å². The van der Waals surface area contributed by atoms with Crippen molar-refractivity contribution >= 4 is 17.7 Å². The summed E-state index contributed by atoms with van der Waals surface area (Å²) in [7, 11) is 1.66. The lowest BCUT2D eigenvalue weighted by atomic mass is 10.1. The van der Waals surface area contributed by atoms with Crippen molar-refractivity contribution in [1.82, 2.24) is 14.7 Å². The van der Waals surface area contributed by atoms with E-state index in [2.05, 4.69) is 20.0 Å². The zero-order valence-corrected chi connectivity index (χ0v) is 18.4. The van der Waals surface area contributed by atoms with Crippen molar-refractivity contribution in [2.45, 2.75) is 25.6 Å². The lowest BCUT2D eigenvalue weighted by molar-refractivity contribution is -0.128. The van der Waals surface area contributed by atoms with Gasteiger partial charge in [0.1, 0.15) is 11.1 Å². The number of carbonyl (C=O) groups is 1. The zero-order valence-electron chi connectivity index (χ0n) is 17.6. The summed E-state index contributed by atoms with van der Waals surface area (Å²) in [5.41, 5.74) is 4.00. The minimum absolute atomic E-state index is 0.0224. The van der Waals surface area contributed by atoms with Gasteiger partial charge in [-0.3, -0.25) is 4.79 Å². The maximum absolute atomic E-state index is 12.6. The average Bonchev–Trinajstić information content (AvgIpc) is 3.36. The molecule has 1 aliphatic heterocycles. The van der Waals surface area contributed by atoms with Gasteiger partial charge in [-0.25, -0.2) is 4.68 Å². The highest BCUT2D eigenvalue weighted by molar-refractivity contribution is 8.00. The van der Waals surface area contributed by atoms with Crippen LogP contribution in [0.2, 0.25) is 0 Å². The van der Waals surface area contributed by atoms with Crippen LogP contribution in [-0.2, 0) is 4.79 Å². The van der Waals surface area contributed by atoms with Gasteiger partial charge >= 0.3 is 0 Å². The summed E-state index contributed by atoms with van der Waals surface area (Å²) in [5.74, 6) is 2.09. The fraction of sp³-hybridized carbons (Fsp3) is 0.333. The third-order valence-corrected chi connectivity index (χ3v) is 6.55. The first-order valence-corrected chi connectivity index (χ1v) is 11.3. The van der Waals surface area contributed by atoms with Crippen LogP contribution in [0.5, 0.6) is 5.75 Å². The molecule has 1 aromatic heterocycles. The number of aromatic nitrogens is 2. The molecule has 1 fully saturated rings. The number of amides is 1. The molecule has 3 aromatic rings. The molecule has 0 radical (unpaired) electrons. The molecule has 1 amide bonds. The van der Waals surface area contributed by atoms with Crippen molar-refractivity contribution in [2.75, 3.05) is 19.4 Å². The summed E-state index contributed by atoms with van der Waals surface area (Å²) in [4.78, 5) is 14.7. The Morgan fingerprint density at radius 2 is 1.87 bits per heavy atom. The Morgan fingerprint density at radius 3 is 2.53 bits per heavy atom. The molecule has 2 heterocycles. The second-order valence-electron chi connectivity index (χ2n) is 7.87. The van der Waals surface area contributed by atoms with Crippen molar-refractivity contribution < 1.29 is 9.53 Å². The van der Waals surface area contributed by atoms with Gasteiger partial charge in [0.05, 0.1) is 24.2 Å². The van der Waals surface area contributed by atoms with Crippen LogP contribution < -0.4 is 4.74 Å². The van der Waals surface area contributed by atoms with E-state index in [0.29, 0.717) is 11.7 Å². The highest BCUT2D eigenvalue weighted by Crippen LogP contribution is 2.43. The quantitative estimate of drug-likeness (QED) is 0.528. The molecule has 156 valence electrons. The maximum Gasteiger partial charge on any atom is 0.233 e. The highest BCUT2D eigenvalue weighted by atomic mass is 32.2. The van der Waals surface area contributed by atoms with Crippen molar-refractivity contribution in [3.05, 3.63) is 66.4 Å². The van der Waals surface area contributed by atoms with Gasteiger partial charge in [-0.2, -0.15) is 5.10 Å². The molecule has 1 aliphatic rings.